The molecule has 0 aliphatic heterocycles. The van der Waals surface area contributed by atoms with E-state index in [1.807, 2.05) is 12.1 Å². The molecule has 0 aliphatic rings. The van der Waals surface area contributed by atoms with Crippen LogP contribution in [-0.4, -0.2) is 43.4 Å². The largest absolute Gasteiger partial charge is 0.492 e. The molecular weight excluding hydrogens is 400 g/mol. The Morgan fingerprint density at radius 3 is 2.47 bits per heavy atom. The molecule has 1 heterocycles. The first-order valence-electron chi connectivity index (χ1n) is 10.4. The molecule has 166 valence electrons. The van der Waals surface area contributed by atoms with Gasteiger partial charge in [0.25, 0.3) is 5.56 Å². The van der Waals surface area contributed by atoms with Crippen molar-refractivity contribution in [3.63, 3.8) is 0 Å². The zero-order valence-electron chi connectivity index (χ0n) is 18.8. The predicted molar refractivity (Wildman–Crippen MR) is 126 cm³/mol. The van der Waals surface area contributed by atoms with Gasteiger partial charge >= 0.3 is 0 Å². The van der Waals surface area contributed by atoms with Crippen molar-refractivity contribution in [2.45, 2.75) is 47.1 Å². The summed E-state index contributed by atoms with van der Waals surface area (Å²) >= 11 is 1.28. The van der Waals surface area contributed by atoms with Gasteiger partial charge in [-0.15, -0.1) is 0 Å². The van der Waals surface area contributed by atoms with E-state index in [1.165, 1.54) is 11.5 Å². The molecule has 0 spiro atoms. The smallest absolute Gasteiger partial charge is 0.263 e. The van der Waals surface area contributed by atoms with E-state index >= 15 is 0 Å². The van der Waals surface area contributed by atoms with E-state index in [4.69, 9.17) is 10.5 Å². The number of nitrogens with zero attached hydrogens (tertiary/aromatic N) is 2. The Bertz CT molecular complexity index is 908. The Labute approximate surface area is 183 Å². The maximum atomic E-state index is 12.2. The predicted octanol–water partition coefficient (Wildman–Crippen LogP) is 3.92. The molecular formula is C22H34N4O3S. The van der Waals surface area contributed by atoms with Gasteiger partial charge in [-0.25, -0.2) is 0 Å². The molecule has 3 N–H and O–H groups in total. The lowest BCUT2D eigenvalue weighted by atomic mass is 10.1. The van der Waals surface area contributed by atoms with Crippen molar-refractivity contribution in [1.29, 1.82) is 0 Å². The molecule has 1 unspecified atom stereocenters. The zero-order chi connectivity index (χ0) is 22.4. The summed E-state index contributed by atoms with van der Waals surface area (Å²) < 4.78 is 8.72. The summed E-state index contributed by atoms with van der Waals surface area (Å²) in [6.45, 7) is 12.3. The minimum atomic E-state index is -0.113. The molecule has 8 heteroatoms. The number of rotatable bonds is 11. The van der Waals surface area contributed by atoms with Gasteiger partial charge in [-0.3, -0.25) is 14.0 Å². The summed E-state index contributed by atoms with van der Waals surface area (Å²) in [7, 11) is 1.62. The quantitative estimate of drug-likeness (QED) is 0.521. The van der Waals surface area contributed by atoms with Gasteiger partial charge < -0.3 is 20.3 Å². The van der Waals surface area contributed by atoms with E-state index in [0.29, 0.717) is 35.0 Å². The molecule has 2 atom stereocenters. The summed E-state index contributed by atoms with van der Waals surface area (Å²) in [5, 5.41) is 0.797. The van der Waals surface area contributed by atoms with Crippen molar-refractivity contribution in [1.82, 2.24) is 4.37 Å². The number of hydrogen-bond acceptors (Lipinski definition) is 7. The van der Waals surface area contributed by atoms with Crippen LogP contribution in [0.4, 0.5) is 16.4 Å². The first-order valence-corrected chi connectivity index (χ1v) is 11.2. The molecule has 0 bridgehead atoms. The van der Waals surface area contributed by atoms with Gasteiger partial charge in [-0.2, -0.15) is 0 Å². The van der Waals surface area contributed by atoms with E-state index in [9.17, 15) is 9.59 Å². The Hall–Kier alpha value is -2.32. The van der Waals surface area contributed by atoms with Gasteiger partial charge in [0.1, 0.15) is 5.00 Å². The van der Waals surface area contributed by atoms with Crippen LogP contribution in [0.2, 0.25) is 0 Å². The van der Waals surface area contributed by atoms with Gasteiger partial charge in [0.2, 0.25) is 0 Å². The lowest BCUT2D eigenvalue weighted by Crippen LogP contribution is -2.33. The monoisotopic (exact) mass is 434 g/mol. The third kappa shape index (κ3) is 4.70. The summed E-state index contributed by atoms with van der Waals surface area (Å²) in [5.41, 5.74) is 8.51. The van der Waals surface area contributed by atoms with Crippen LogP contribution in [0.1, 0.15) is 50.0 Å². The van der Waals surface area contributed by atoms with Crippen LogP contribution in [0.25, 0.3) is 0 Å². The van der Waals surface area contributed by atoms with Crippen molar-refractivity contribution in [3.8, 4) is 5.75 Å². The lowest BCUT2D eigenvalue weighted by Gasteiger charge is -2.35. The number of carbonyl (C=O) groups excluding carboxylic acids is 1. The number of aromatic amines is 1. The highest BCUT2D eigenvalue weighted by molar-refractivity contribution is 7.10. The van der Waals surface area contributed by atoms with Crippen LogP contribution >= 0.6 is 11.5 Å². The molecule has 2 rings (SSSR count). The van der Waals surface area contributed by atoms with Gasteiger partial charge in [0.05, 0.1) is 24.0 Å². The van der Waals surface area contributed by atoms with E-state index in [2.05, 4.69) is 41.9 Å². The second-order valence-electron chi connectivity index (χ2n) is 7.64. The average molecular weight is 435 g/mol. The number of aromatic nitrogens is 1. The fourth-order valence-electron chi connectivity index (χ4n) is 3.50. The summed E-state index contributed by atoms with van der Waals surface area (Å²) in [5.74, 6) is 0.943. The Balaban J connectivity index is 2.78. The number of benzene rings is 1. The maximum Gasteiger partial charge on any atom is 0.263 e. The third-order valence-electron chi connectivity index (χ3n) is 5.52. The van der Waals surface area contributed by atoms with Crippen molar-refractivity contribution < 1.29 is 9.53 Å². The Morgan fingerprint density at radius 1 is 1.30 bits per heavy atom. The minimum absolute atomic E-state index is 0.0519. The van der Waals surface area contributed by atoms with Gasteiger partial charge in [-0.1, -0.05) is 13.8 Å². The molecule has 0 radical (unpaired) electrons. The maximum absolute atomic E-state index is 12.2. The van der Waals surface area contributed by atoms with Crippen LogP contribution in [-0.2, 0) is 0 Å². The van der Waals surface area contributed by atoms with E-state index in [1.54, 1.807) is 14.0 Å². The molecule has 1 aromatic carbocycles. The van der Waals surface area contributed by atoms with Crippen LogP contribution < -0.4 is 25.8 Å². The summed E-state index contributed by atoms with van der Waals surface area (Å²) in [6, 6.07) is 3.81. The van der Waals surface area contributed by atoms with E-state index in [-0.39, 0.29) is 11.6 Å². The molecule has 0 saturated heterocycles. The third-order valence-corrected chi connectivity index (χ3v) is 6.51. The first kappa shape index (κ1) is 24.0. The Kier molecular flexibility index (Phi) is 8.49. The molecule has 0 aliphatic carbocycles. The topological polar surface area (TPSA) is 91.7 Å². The molecule has 0 saturated carbocycles. The number of methoxy groups -OCH3 is 1. The number of ether oxygens (including phenoxy) is 1. The SMILES string of the molecule is CCC(C)N(c1s[nH]c(=O)c1C)c1c(C=O)ccc(N(CC)C[C@H](C)CN)c1OC. The number of nitrogens with one attached hydrogen (secondary N) is 1. The average Bonchev–Trinajstić information content (AvgIpc) is 3.09. The van der Waals surface area contributed by atoms with Crippen molar-refractivity contribution in [2.24, 2.45) is 11.7 Å². The van der Waals surface area contributed by atoms with Crippen molar-refractivity contribution in [2.75, 3.05) is 36.5 Å². The highest BCUT2D eigenvalue weighted by atomic mass is 32.1. The number of anilines is 3. The second kappa shape index (κ2) is 10.6. The standard InChI is InChI=1S/C22H34N4O3S/c1-7-15(4)26(22-16(5)21(28)24-30-22)19-17(13-27)9-10-18(20(19)29-6)25(8-2)12-14(3)11-23/h9-10,13-15H,7-8,11-12,23H2,1-6H3,(H,24,28)/t14-,15?/m1/s1. The highest BCUT2D eigenvalue weighted by Gasteiger charge is 2.29. The normalized spacial score (nSPS) is 13.0. The molecule has 0 fully saturated rings. The van der Waals surface area contributed by atoms with Gasteiger partial charge in [0, 0.05) is 24.7 Å². The summed E-state index contributed by atoms with van der Waals surface area (Å²) in [6.07, 6.45) is 1.68. The molecule has 1 aromatic heterocycles. The van der Waals surface area contributed by atoms with E-state index in [0.717, 1.165) is 36.5 Å². The fraction of sp³-hybridized carbons (Fsp3) is 0.545. The van der Waals surface area contributed by atoms with Crippen molar-refractivity contribution >= 4 is 34.2 Å². The minimum Gasteiger partial charge on any atom is -0.492 e. The lowest BCUT2D eigenvalue weighted by molar-refractivity contribution is 0.112. The molecule has 30 heavy (non-hydrogen) atoms. The summed E-state index contributed by atoms with van der Waals surface area (Å²) in [4.78, 5) is 28.5. The van der Waals surface area contributed by atoms with Gasteiger partial charge in [0.15, 0.2) is 12.0 Å². The van der Waals surface area contributed by atoms with Crippen LogP contribution in [0.5, 0.6) is 5.75 Å². The Morgan fingerprint density at radius 2 is 2.00 bits per heavy atom. The van der Waals surface area contributed by atoms with Crippen LogP contribution in [0.15, 0.2) is 16.9 Å². The number of hydrogen-bond donors (Lipinski definition) is 2. The first-order chi connectivity index (χ1) is 14.3. The second-order valence-corrected chi connectivity index (χ2v) is 8.44. The number of nitrogens with two attached hydrogens (primary N) is 1. The fourth-order valence-corrected chi connectivity index (χ4v) is 4.46. The van der Waals surface area contributed by atoms with Crippen LogP contribution in [0.3, 0.4) is 0 Å². The molecule has 0 amide bonds. The highest BCUT2D eigenvalue weighted by Crippen LogP contribution is 2.45. The van der Waals surface area contributed by atoms with Gasteiger partial charge in [-0.05, 0) is 63.3 Å². The zero-order valence-corrected chi connectivity index (χ0v) is 19.6. The number of H-pyrrole nitrogens is 1. The number of aldehydes is 1. The molecule has 7 nitrogen and oxygen atoms in total. The van der Waals surface area contributed by atoms with E-state index < -0.39 is 0 Å². The number of carbonyl (C=O) groups is 1. The van der Waals surface area contributed by atoms with Crippen molar-refractivity contribution in [3.05, 3.63) is 33.6 Å². The molecule has 2 aromatic rings. The van der Waals surface area contributed by atoms with Crippen LogP contribution in [0, 0.1) is 12.8 Å².